The molecule has 0 unspecified atom stereocenters. The number of carboxylic acids is 1. The molecule has 22 heavy (non-hydrogen) atoms. The van der Waals surface area contributed by atoms with E-state index in [1.54, 1.807) is 7.11 Å². The summed E-state index contributed by atoms with van der Waals surface area (Å²) in [6.45, 7) is 4.60. The Labute approximate surface area is 133 Å². The summed E-state index contributed by atoms with van der Waals surface area (Å²) in [7, 11) is 1.79. The number of carbonyl (C=O) groups is 1. The van der Waals surface area contributed by atoms with Crippen LogP contribution in [0.3, 0.4) is 0 Å². The van der Waals surface area contributed by atoms with E-state index in [2.05, 4.69) is 10.2 Å². The summed E-state index contributed by atoms with van der Waals surface area (Å²) in [6.07, 6.45) is 7.62. The van der Waals surface area contributed by atoms with Gasteiger partial charge in [-0.15, -0.1) is 0 Å². The van der Waals surface area contributed by atoms with Crippen molar-refractivity contribution in [3.8, 4) is 0 Å². The average Bonchev–Trinajstić information content (AvgIpc) is 3.27. The molecule has 0 radical (unpaired) electrons. The van der Waals surface area contributed by atoms with E-state index in [1.165, 1.54) is 12.8 Å². The Morgan fingerprint density at radius 2 is 1.95 bits per heavy atom. The number of ether oxygens (including phenoxy) is 1. The molecular formula is C17H30N2O3. The fourth-order valence-electron chi connectivity index (χ4n) is 3.98. The van der Waals surface area contributed by atoms with Crippen LogP contribution in [0.2, 0.25) is 0 Å². The maximum atomic E-state index is 11.5. The second-order valence-electron chi connectivity index (χ2n) is 7.80. The Morgan fingerprint density at radius 1 is 1.27 bits per heavy atom. The highest BCUT2D eigenvalue weighted by atomic mass is 16.5. The molecule has 0 bridgehead atoms. The molecule has 0 amide bonds. The van der Waals surface area contributed by atoms with E-state index in [1.807, 2.05) is 0 Å². The molecule has 126 valence electrons. The van der Waals surface area contributed by atoms with Gasteiger partial charge in [-0.05, 0) is 51.6 Å². The third-order valence-electron chi connectivity index (χ3n) is 6.00. The van der Waals surface area contributed by atoms with E-state index >= 15 is 0 Å². The van der Waals surface area contributed by atoms with Gasteiger partial charge < -0.3 is 20.1 Å². The second kappa shape index (κ2) is 6.46. The molecular weight excluding hydrogens is 280 g/mol. The van der Waals surface area contributed by atoms with Crippen LogP contribution in [0.15, 0.2) is 0 Å². The molecule has 1 heterocycles. The van der Waals surface area contributed by atoms with Gasteiger partial charge in [0.15, 0.2) is 0 Å². The van der Waals surface area contributed by atoms with Crippen LogP contribution in [0.25, 0.3) is 0 Å². The van der Waals surface area contributed by atoms with Gasteiger partial charge in [0.2, 0.25) is 0 Å². The lowest BCUT2D eigenvalue weighted by molar-refractivity contribution is -0.157. The zero-order chi connectivity index (χ0) is 15.6. The summed E-state index contributed by atoms with van der Waals surface area (Å²) >= 11 is 0. The van der Waals surface area contributed by atoms with Gasteiger partial charge in [0.05, 0.1) is 12.0 Å². The number of methoxy groups -OCH3 is 1. The molecule has 3 rings (SSSR count). The van der Waals surface area contributed by atoms with Crippen molar-refractivity contribution in [1.82, 2.24) is 10.2 Å². The fourth-order valence-corrected chi connectivity index (χ4v) is 3.98. The first-order chi connectivity index (χ1) is 10.6. The average molecular weight is 310 g/mol. The number of hydrogen-bond acceptors (Lipinski definition) is 4. The number of rotatable bonds is 8. The lowest BCUT2D eigenvalue weighted by Crippen LogP contribution is -2.53. The second-order valence-corrected chi connectivity index (χ2v) is 7.80. The number of aliphatic carboxylic acids is 1. The van der Waals surface area contributed by atoms with E-state index in [9.17, 15) is 9.90 Å². The van der Waals surface area contributed by atoms with E-state index < -0.39 is 11.4 Å². The topological polar surface area (TPSA) is 61.8 Å². The molecule has 0 atom stereocenters. The Hall–Kier alpha value is -0.650. The molecule has 2 saturated carbocycles. The van der Waals surface area contributed by atoms with Crippen molar-refractivity contribution in [3.63, 3.8) is 0 Å². The maximum Gasteiger partial charge on any atom is 0.310 e. The number of likely N-dealkylation sites (tertiary alicyclic amines) is 1. The molecule has 5 nitrogen and oxygen atoms in total. The van der Waals surface area contributed by atoms with E-state index in [0.717, 1.165) is 70.9 Å². The zero-order valence-corrected chi connectivity index (χ0v) is 13.8. The lowest BCUT2D eigenvalue weighted by Gasteiger charge is -2.46. The van der Waals surface area contributed by atoms with Crippen molar-refractivity contribution in [2.24, 2.45) is 10.8 Å². The van der Waals surface area contributed by atoms with Crippen LogP contribution in [0.4, 0.5) is 0 Å². The van der Waals surface area contributed by atoms with Crippen molar-refractivity contribution in [2.45, 2.75) is 51.0 Å². The highest BCUT2D eigenvalue weighted by molar-refractivity contribution is 5.76. The number of nitrogens with one attached hydrogen (secondary N) is 1. The minimum atomic E-state index is -0.595. The van der Waals surface area contributed by atoms with Gasteiger partial charge in [0.1, 0.15) is 0 Å². The van der Waals surface area contributed by atoms with Crippen molar-refractivity contribution in [2.75, 3.05) is 39.9 Å². The monoisotopic (exact) mass is 310 g/mol. The van der Waals surface area contributed by atoms with Gasteiger partial charge >= 0.3 is 5.97 Å². The summed E-state index contributed by atoms with van der Waals surface area (Å²) < 4.78 is 5.49. The molecule has 3 aliphatic rings. The Bertz CT molecular complexity index is 397. The number of piperidine rings is 1. The van der Waals surface area contributed by atoms with Gasteiger partial charge in [-0.25, -0.2) is 0 Å². The predicted octanol–water partition coefficient (Wildman–Crippen LogP) is 1.72. The predicted molar refractivity (Wildman–Crippen MR) is 84.9 cm³/mol. The largest absolute Gasteiger partial charge is 0.481 e. The molecule has 5 heteroatoms. The first-order valence-corrected chi connectivity index (χ1v) is 8.76. The Balaban J connectivity index is 1.51. The van der Waals surface area contributed by atoms with Crippen LogP contribution in [0, 0.1) is 10.8 Å². The summed E-state index contributed by atoms with van der Waals surface area (Å²) in [5.74, 6) is -0.595. The molecule has 2 N–H and O–H groups in total. The SMILES string of the molecule is COCC1(CNC2CC2)CCN(CC2(C(=O)O)CCC2)CC1. The standard InChI is InChI=1S/C17H30N2O3/c1-22-13-16(11-18-14-3-4-14)7-9-19(10-8-16)12-17(15(20)21)5-2-6-17/h14,18H,2-13H2,1H3,(H,20,21). The third kappa shape index (κ3) is 3.47. The molecule has 0 aromatic carbocycles. The number of hydrogen-bond donors (Lipinski definition) is 2. The highest BCUT2D eigenvalue weighted by Crippen LogP contribution is 2.43. The van der Waals surface area contributed by atoms with Crippen LogP contribution in [-0.2, 0) is 9.53 Å². The van der Waals surface area contributed by atoms with Crippen LogP contribution in [-0.4, -0.2) is 61.9 Å². The summed E-state index contributed by atoms with van der Waals surface area (Å²) in [4.78, 5) is 13.9. The zero-order valence-electron chi connectivity index (χ0n) is 13.8. The quantitative estimate of drug-likeness (QED) is 0.715. The molecule has 0 spiro atoms. The van der Waals surface area contributed by atoms with E-state index in [4.69, 9.17) is 4.74 Å². The van der Waals surface area contributed by atoms with Crippen LogP contribution in [0.1, 0.15) is 44.9 Å². The van der Waals surface area contributed by atoms with Crippen LogP contribution >= 0.6 is 0 Å². The normalized spacial score (nSPS) is 27.3. The molecule has 0 aromatic rings. The highest BCUT2D eigenvalue weighted by Gasteiger charge is 2.46. The summed E-state index contributed by atoms with van der Waals surface area (Å²) in [5.41, 5.74) is -0.211. The molecule has 1 saturated heterocycles. The van der Waals surface area contributed by atoms with Gasteiger partial charge in [0.25, 0.3) is 0 Å². The first-order valence-electron chi connectivity index (χ1n) is 8.76. The minimum absolute atomic E-state index is 0.240. The lowest BCUT2D eigenvalue weighted by atomic mass is 9.68. The molecule has 1 aliphatic heterocycles. The van der Waals surface area contributed by atoms with Gasteiger partial charge in [-0.3, -0.25) is 4.79 Å². The summed E-state index contributed by atoms with van der Waals surface area (Å²) in [6, 6.07) is 0.733. The minimum Gasteiger partial charge on any atom is -0.481 e. The fraction of sp³-hybridized carbons (Fsp3) is 0.941. The summed E-state index contributed by atoms with van der Waals surface area (Å²) in [5, 5.41) is 13.2. The van der Waals surface area contributed by atoms with Gasteiger partial charge in [-0.2, -0.15) is 0 Å². The number of carboxylic acid groups (broad SMARTS) is 1. The van der Waals surface area contributed by atoms with E-state index in [0.29, 0.717) is 0 Å². The molecule has 2 aliphatic carbocycles. The van der Waals surface area contributed by atoms with Crippen molar-refractivity contribution in [1.29, 1.82) is 0 Å². The van der Waals surface area contributed by atoms with Crippen molar-refractivity contribution in [3.05, 3.63) is 0 Å². The van der Waals surface area contributed by atoms with E-state index in [-0.39, 0.29) is 5.41 Å². The van der Waals surface area contributed by atoms with Crippen LogP contribution < -0.4 is 5.32 Å². The Morgan fingerprint density at radius 3 is 2.41 bits per heavy atom. The Kier molecular flexibility index (Phi) is 4.76. The van der Waals surface area contributed by atoms with Crippen molar-refractivity contribution >= 4 is 5.97 Å². The molecule has 3 fully saturated rings. The van der Waals surface area contributed by atoms with Gasteiger partial charge in [-0.1, -0.05) is 6.42 Å². The van der Waals surface area contributed by atoms with Crippen molar-refractivity contribution < 1.29 is 14.6 Å². The smallest absolute Gasteiger partial charge is 0.310 e. The number of nitrogens with zero attached hydrogens (tertiary/aromatic N) is 1. The first kappa shape index (κ1) is 16.2. The van der Waals surface area contributed by atoms with Crippen LogP contribution in [0.5, 0.6) is 0 Å². The van der Waals surface area contributed by atoms with Gasteiger partial charge in [0, 0.05) is 31.7 Å². The maximum absolute atomic E-state index is 11.5. The molecule has 0 aromatic heterocycles. The third-order valence-corrected chi connectivity index (χ3v) is 6.00.